The molecule has 1 aromatic carbocycles. The minimum atomic E-state index is -5.71. The van der Waals surface area contributed by atoms with Crippen molar-refractivity contribution < 1.29 is 40.8 Å². The molecule has 1 rings (SSSR count). The molecule has 0 aromatic heterocycles. The van der Waals surface area contributed by atoms with Crippen LogP contribution in [0.1, 0.15) is 30.1 Å². The van der Waals surface area contributed by atoms with E-state index in [2.05, 4.69) is 49.9 Å². The van der Waals surface area contributed by atoms with Crippen molar-refractivity contribution in [3.8, 4) is 0 Å². The molecule has 0 aliphatic carbocycles. The van der Waals surface area contributed by atoms with Crippen molar-refractivity contribution in [3.63, 3.8) is 0 Å². The van der Waals surface area contributed by atoms with Gasteiger partial charge in [0, 0.05) is 17.1 Å². The van der Waals surface area contributed by atoms with E-state index in [1.165, 1.54) is 0 Å². The number of rotatable bonds is 8. The standard InChI is InChI=1S/C14H13F2I3O7S/c1-7(14(15,16)27(22,23)24)26-11(20)3-2-4-25-13(21)9-5-8(17)6-10(18)12(9)19/h5-7H,2-4H2,1H3,(H,22,23,24). The second-order valence-electron chi connectivity index (χ2n) is 5.16. The van der Waals surface area contributed by atoms with Crippen molar-refractivity contribution in [2.24, 2.45) is 0 Å². The Morgan fingerprint density at radius 3 is 2.41 bits per heavy atom. The average Bonchev–Trinajstić information content (AvgIpc) is 2.53. The van der Waals surface area contributed by atoms with Crippen LogP contribution in [-0.4, -0.2) is 42.9 Å². The topological polar surface area (TPSA) is 107 Å². The zero-order chi connectivity index (χ0) is 21.0. The van der Waals surface area contributed by atoms with Gasteiger partial charge in [0.25, 0.3) is 0 Å². The highest BCUT2D eigenvalue weighted by molar-refractivity contribution is 14.1. The van der Waals surface area contributed by atoms with Crippen molar-refractivity contribution in [2.45, 2.75) is 31.1 Å². The second kappa shape index (κ2) is 10.2. The highest BCUT2D eigenvalue weighted by atomic mass is 127. The van der Waals surface area contributed by atoms with Gasteiger partial charge in [0.1, 0.15) is 0 Å². The molecule has 1 aromatic rings. The predicted molar refractivity (Wildman–Crippen MR) is 116 cm³/mol. The van der Waals surface area contributed by atoms with Crippen LogP contribution in [0.5, 0.6) is 0 Å². The molecule has 1 unspecified atom stereocenters. The van der Waals surface area contributed by atoms with Gasteiger partial charge in [-0.2, -0.15) is 17.2 Å². The average molecular weight is 744 g/mol. The number of carbonyl (C=O) groups excluding carboxylic acids is 2. The third-order valence-corrected chi connectivity index (χ3v) is 7.78. The van der Waals surface area contributed by atoms with E-state index in [-0.39, 0.29) is 19.4 Å². The SMILES string of the molecule is CC(OC(=O)CCCOC(=O)c1cc(I)cc(I)c1I)C(F)(F)S(=O)(=O)O. The molecule has 0 aliphatic rings. The van der Waals surface area contributed by atoms with Crippen LogP contribution in [0.2, 0.25) is 0 Å². The molecule has 0 aliphatic heterocycles. The quantitative estimate of drug-likeness (QED) is 0.142. The Labute approximate surface area is 195 Å². The maximum atomic E-state index is 13.3. The van der Waals surface area contributed by atoms with E-state index in [4.69, 9.17) is 9.29 Å². The molecule has 0 bridgehead atoms. The van der Waals surface area contributed by atoms with Crippen LogP contribution >= 0.6 is 67.8 Å². The molecular formula is C14H13F2I3O7S. The van der Waals surface area contributed by atoms with Gasteiger partial charge in [-0.05, 0) is 93.2 Å². The largest absolute Gasteiger partial charge is 0.462 e. The molecule has 13 heteroatoms. The number of halogens is 5. The van der Waals surface area contributed by atoms with Crippen molar-refractivity contribution in [1.29, 1.82) is 0 Å². The first-order valence-corrected chi connectivity index (χ1v) is 11.8. The van der Waals surface area contributed by atoms with Gasteiger partial charge in [-0.25, -0.2) is 4.79 Å². The van der Waals surface area contributed by atoms with Gasteiger partial charge in [-0.15, -0.1) is 0 Å². The summed E-state index contributed by atoms with van der Waals surface area (Å²) in [6.45, 7) is 0.488. The molecule has 0 radical (unpaired) electrons. The number of hydrogen-bond acceptors (Lipinski definition) is 6. The van der Waals surface area contributed by atoms with Crippen LogP contribution in [-0.2, 0) is 24.4 Å². The molecule has 1 atom stereocenters. The van der Waals surface area contributed by atoms with Crippen LogP contribution in [0, 0.1) is 10.7 Å². The molecule has 7 nitrogen and oxygen atoms in total. The minimum absolute atomic E-state index is 0.00760. The van der Waals surface area contributed by atoms with Crippen LogP contribution in [0.15, 0.2) is 12.1 Å². The van der Waals surface area contributed by atoms with Gasteiger partial charge in [-0.3, -0.25) is 9.35 Å². The zero-order valence-corrected chi connectivity index (χ0v) is 20.8. The molecule has 27 heavy (non-hydrogen) atoms. The fourth-order valence-electron chi connectivity index (χ4n) is 1.70. The summed E-state index contributed by atoms with van der Waals surface area (Å²) in [4.78, 5) is 23.6. The van der Waals surface area contributed by atoms with Gasteiger partial charge >= 0.3 is 27.3 Å². The van der Waals surface area contributed by atoms with E-state index >= 15 is 0 Å². The fraction of sp³-hybridized carbons (Fsp3) is 0.429. The summed E-state index contributed by atoms with van der Waals surface area (Å²) < 4.78 is 68.0. The van der Waals surface area contributed by atoms with E-state index in [1.807, 2.05) is 28.7 Å². The summed E-state index contributed by atoms with van der Waals surface area (Å²) in [7, 11) is -5.71. The highest BCUT2D eigenvalue weighted by Gasteiger charge is 2.51. The Morgan fingerprint density at radius 2 is 1.85 bits per heavy atom. The lowest BCUT2D eigenvalue weighted by molar-refractivity contribution is -0.159. The van der Waals surface area contributed by atoms with Gasteiger partial charge < -0.3 is 9.47 Å². The zero-order valence-electron chi connectivity index (χ0n) is 13.5. The number of esters is 2. The summed E-state index contributed by atoms with van der Waals surface area (Å²) in [6.07, 6.45) is -2.75. The summed E-state index contributed by atoms with van der Waals surface area (Å²) in [6, 6.07) is 3.54. The Morgan fingerprint density at radius 1 is 1.26 bits per heavy atom. The number of benzene rings is 1. The molecule has 0 heterocycles. The second-order valence-corrected chi connectivity index (χ2v) is 10.1. The van der Waals surface area contributed by atoms with Gasteiger partial charge in [-0.1, -0.05) is 0 Å². The minimum Gasteiger partial charge on any atom is -0.462 e. The third-order valence-electron chi connectivity index (χ3n) is 3.10. The summed E-state index contributed by atoms with van der Waals surface area (Å²) in [5, 5.41) is -4.62. The number of carbonyl (C=O) groups is 2. The van der Waals surface area contributed by atoms with Crippen molar-refractivity contribution in [1.82, 2.24) is 0 Å². The maximum Gasteiger partial charge on any atom is 0.405 e. The fourth-order valence-corrected chi connectivity index (χ4v) is 4.54. The van der Waals surface area contributed by atoms with Crippen molar-refractivity contribution in [3.05, 3.63) is 28.4 Å². The third kappa shape index (κ3) is 7.14. The first-order chi connectivity index (χ1) is 12.3. The normalized spacial score (nSPS) is 13.1. The van der Waals surface area contributed by atoms with E-state index < -0.39 is 33.4 Å². The number of alkyl halides is 2. The van der Waals surface area contributed by atoms with Crippen LogP contribution < -0.4 is 0 Å². The smallest absolute Gasteiger partial charge is 0.405 e. The molecule has 0 saturated carbocycles. The highest BCUT2D eigenvalue weighted by Crippen LogP contribution is 2.27. The lowest BCUT2D eigenvalue weighted by Crippen LogP contribution is -2.42. The predicted octanol–water partition coefficient (Wildman–Crippen LogP) is 3.85. The molecule has 1 N–H and O–H groups in total. The van der Waals surface area contributed by atoms with Crippen molar-refractivity contribution >= 4 is 89.8 Å². The van der Waals surface area contributed by atoms with E-state index in [0.29, 0.717) is 12.5 Å². The van der Waals surface area contributed by atoms with E-state index in [0.717, 1.165) is 10.7 Å². The maximum absolute atomic E-state index is 13.3. The summed E-state index contributed by atoms with van der Waals surface area (Å²) in [5.41, 5.74) is 0.371. The number of hydrogen-bond donors (Lipinski definition) is 1. The Balaban J connectivity index is 2.51. The summed E-state index contributed by atoms with van der Waals surface area (Å²) in [5.74, 6) is -1.70. The monoisotopic (exact) mass is 744 g/mol. The molecule has 152 valence electrons. The van der Waals surface area contributed by atoms with Crippen LogP contribution in [0.3, 0.4) is 0 Å². The number of ether oxygens (including phenoxy) is 2. The molecule has 0 fully saturated rings. The molecule has 0 spiro atoms. The van der Waals surface area contributed by atoms with Gasteiger partial charge in [0.15, 0.2) is 6.10 Å². The summed E-state index contributed by atoms with van der Waals surface area (Å²) >= 11 is 6.15. The first-order valence-electron chi connectivity index (χ1n) is 7.13. The Hall–Kier alpha value is 0.120. The lowest BCUT2D eigenvalue weighted by atomic mass is 10.2. The Bertz CT molecular complexity index is 830. The van der Waals surface area contributed by atoms with E-state index in [1.54, 1.807) is 6.07 Å². The van der Waals surface area contributed by atoms with Crippen LogP contribution in [0.25, 0.3) is 0 Å². The first kappa shape index (κ1) is 25.2. The molecular weight excluding hydrogens is 731 g/mol. The Kier molecular flexibility index (Phi) is 9.54. The molecule has 0 amide bonds. The lowest BCUT2D eigenvalue weighted by Gasteiger charge is -2.20. The van der Waals surface area contributed by atoms with Crippen LogP contribution in [0.4, 0.5) is 8.78 Å². The van der Waals surface area contributed by atoms with E-state index in [9.17, 15) is 26.8 Å². The van der Waals surface area contributed by atoms with Gasteiger partial charge in [0.05, 0.1) is 12.2 Å². The van der Waals surface area contributed by atoms with Crippen molar-refractivity contribution in [2.75, 3.05) is 6.61 Å². The van der Waals surface area contributed by atoms with Gasteiger partial charge in [0.2, 0.25) is 0 Å². The molecule has 0 saturated heterocycles.